The van der Waals surface area contributed by atoms with Gasteiger partial charge < -0.3 is 15.0 Å². The molecule has 0 bridgehead atoms. The number of nitrogens with one attached hydrogen (secondary N) is 1. The summed E-state index contributed by atoms with van der Waals surface area (Å²) in [6.07, 6.45) is 4.40. The van der Waals surface area contributed by atoms with E-state index >= 15 is 0 Å². The lowest BCUT2D eigenvalue weighted by atomic mass is 9.95. The van der Waals surface area contributed by atoms with Crippen LogP contribution in [-0.2, 0) is 14.3 Å². The van der Waals surface area contributed by atoms with E-state index in [1.165, 1.54) is 0 Å². The number of benzene rings is 1. The summed E-state index contributed by atoms with van der Waals surface area (Å²) in [5, 5.41) is 2.99. The van der Waals surface area contributed by atoms with E-state index in [0.29, 0.717) is 12.3 Å². The predicted molar refractivity (Wildman–Crippen MR) is 91.3 cm³/mol. The van der Waals surface area contributed by atoms with Crippen molar-refractivity contribution in [1.29, 1.82) is 0 Å². The molecule has 5 heteroatoms. The first kappa shape index (κ1) is 17.0. The maximum Gasteiger partial charge on any atom is 0.249 e. The molecule has 3 rings (SSSR count). The quantitative estimate of drug-likeness (QED) is 0.901. The van der Waals surface area contributed by atoms with Gasteiger partial charge in [0.2, 0.25) is 11.8 Å². The second-order valence-electron chi connectivity index (χ2n) is 6.70. The molecule has 2 heterocycles. The van der Waals surface area contributed by atoms with Crippen LogP contribution in [0.4, 0.5) is 0 Å². The number of nitrogens with zero attached hydrogens (tertiary/aromatic N) is 1. The molecular weight excluding hydrogens is 304 g/mol. The summed E-state index contributed by atoms with van der Waals surface area (Å²) in [5.41, 5.74) is 0.856. The van der Waals surface area contributed by atoms with Crippen LogP contribution in [0, 0.1) is 5.92 Å². The van der Waals surface area contributed by atoms with Crippen LogP contribution in [0.3, 0.4) is 0 Å². The van der Waals surface area contributed by atoms with Crippen molar-refractivity contribution in [2.75, 3.05) is 26.3 Å². The van der Waals surface area contributed by atoms with Crippen LogP contribution >= 0.6 is 0 Å². The maximum absolute atomic E-state index is 12.9. The standard InChI is InChI=1S/C19H26N2O3/c22-17(14-15-8-12-24-13-9-15)20-18(16-6-2-1-3-7-16)19(23)21-10-4-5-11-21/h1-3,6-7,15,18H,4-5,8-14H2,(H,20,22). The van der Waals surface area contributed by atoms with Gasteiger partial charge in [-0.2, -0.15) is 0 Å². The van der Waals surface area contributed by atoms with Crippen LogP contribution in [0.2, 0.25) is 0 Å². The molecule has 0 aromatic heterocycles. The summed E-state index contributed by atoms with van der Waals surface area (Å²) in [5.74, 6) is 0.333. The Balaban J connectivity index is 1.67. The SMILES string of the molecule is O=C(CC1CCOCC1)NC(C(=O)N1CCCC1)c1ccccc1. The molecule has 1 aromatic rings. The van der Waals surface area contributed by atoms with Gasteiger partial charge in [0.15, 0.2) is 0 Å². The van der Waals surface area contributed by atoms with Crippen molar-refractivity contribution < 1.29 is 14.3 Å². The Morgan fingerprint density at radius 3 is 2.46 bits per heavy atom. The zero-order valence-corrected chi connectivity index (χ0v) is 14.1. The average Bonchev–Trinajstić information content (AvgIpc) is 3.15. The highest BCUT2D eigenvalue weighted by Gasteiger charge is 2.29. The van der Waals surface area contributed by atoms with Gasteiger partial charge >= 0.3 is 0 Å². The summed E-state index contributed by atoms with van der Waals surface area (Å²) in [6.45, 7) is 3.04. The van der Waals surface area contributed by atoms with E-state index in [4.69, 9.17) is 4.74 Å². The molecular formula is C19H26N2O3. The van der Waals surface area contributed by atoms with E-state index in [2.05, 4.69) is 5.32 Å². The summed E-state index contributed by atoms with van der Waals surface area (Å²) < 4.78 is 5.34. The molecule has 2 amide bonds. The zero-order chi connectivity index (χ0) is 16.8. The van der Waals surface area contributed by atoms with Crippen LogP contribution in [0.1, 0.15) is 43.7 Å². The van der Waals surface area contributed by atoms with Crippen molar-refractivity contribution in [2.24, 2.45) is 5.92 Å². The lowest BCUT2D eigenvalue weighted by molar-refractivity contribution is -0.136. The Bertz CT molecular complexity index is 549. The normalized spacial score (nSPS) is 19.9. The molecule has 2 aliphatic rings. The minimum Gasteiger partial charge on any atom is -0.381 e. The van der Waals surface area contributed by atoms with Crippen LogP contribution < -0.4 is 5.32 Å². The molecule has 5 nitrogen and oxygen atoms in total. The molecule has 130 valence electrons. The van der Waals surface area contributed by atoms with Crippen molar-refractivity contribution in [2.45, 2.75) is 38.1 Å². The molecule has 2 saturated heterocycles. The number of carbonyl (C=O) groups excluding carboxylic acids is 2. The number of amides is 2. The van der Waals surface area contributed by atoms with E-state index in [-0.39, 0.29) is 11.8 Å². The average molecular weight is 330 g/mol. The summed E-state index contributed by atoms with van der Waals surface area (Å²) in [6, 6.07) is 8.98. The fourth-order valence-corrected chi connectivity index (χ4v) is 3.49. The molecule has 24 heavy (non-hydrogen) atoms. The number of ether oxygens (including phenoxy) is 1. The highest BCUT2D eigenvalue weighted by molar-refractivity contribution is 5.88. The van der Waals surface area contributed by atoms with E-state index in [0.717, 1.165) is 57.6 Å². The summed E-state index contributed by atoms with van der Waals surface area (Å²) in [4.78, 5) is 27.2. The first-order chi connectivity index (χ1) is 11.7. The molecule has 0 saturated carbocycles. The number of hydrogen-bond acceptors (Lipinski definition) is 3. The molecule has 1 N–H and O–H groups in total. The third-order valence-corrected chi connectivity index (χ3v) is 4.92. The largest absolute Gasteiger partial charge is 0.381 e. The Morgan fingerprint density at radius 2 is 1.79 bits per heavy atom. The molecule has 2 aliphatic heterocycles. The van der Waals surface area contributed by atoms with Crippen LogP contribution in [-0.4, -0.2) is 43.0 Å². The highest BCUT2D eigenvalue weighted by Crippen LogP contribution is 2.22. The summed E-state index contributed by atoms with van der Waals surface area (Å²) >= 11 is 0. The lowest BCUT2D eigenvalue weighted by Crippen LogP contribution is -2.42. The van der Waals surface area contributed by atoms with E-state index in [9.17, 15) is 9.59 Å². The van der Waals surface area contributed by atoms with Crippen molar-refractivity contribution in [3.63, 3.8) is 0 Å². The Labute approximate surface area is 143 Å². The number of hydrogen-bond donors (Lipinski definition) is 1. The zero-order valence-electron chi connectivity index (χ0n) is 14.1. The Hall–Kier alpha value is -1.88. The van der Waals surface area contributed by atoms with Crippen molar-refractivity contribution >= 4 is 11.8 Å². The van der Waals surface area contributed by atoms with E-state index in [1.54, 1.807) is 0 Å². The lowest BCUT2D eigenvalue weighted by Gasteiger charge is -2.26. The molecule has 1 unspecified atom stereocenters. The van der Waals surface area contributed by atoms with Gasteiger partial charge in [0, 0.05) is 32.7 Å². The van der Waals surface area contributed by atoms with Gasteiger partial charge in [-0.1, -0.05) is 30.3 Å². The maximum atomic E-state index is 12.9. The predicted octanol–water partition coefficient (Wildman–Crippen LogP) is 2.28. The van der Waals surface area contributed by atoms with Gasteiger partial charge in [-0.05, 0) is 37.2 Å². The number of carbonyl (C=O) groups is 2. The smallest absolute Gasteiger partial charge is 0.249 e. The number of rotatable bonds is 5. The first-order valence-electron chi connectivity index (χ1n) is 8.95. The van der Waals surface area contributed by atoms with Crippen molar-refractivity contribution in [3.05, 3.63) is 35.9 Å². The van der Waals surface area contributed by atoms with Crippen molar-refractivity contribution in [1.82, 2.24) is 10.2 Å². The fourth-order valence-electron chi connectivity index (χ4n) is 3.49. The molecule has 0 radical (unpaired) electrons. The Kier molecular flexibility index (Phi) is 5.86. The highest BCUT2D eigenvalue weighted by atomic mass is 16.5. The Morgan fingerprint density at radius 1 is 1.12 bits per heavy atom. The van der Waals surface area contributed by atoms with Gasteiger partial charge in [-0.15, -0.1) is 0 Å². The van der Waals surface area contributed by atoms with Crippen LogP contribution in [0.15, 0.2) is 30.3 Å². The fraction of sp³-hybridized carbons (Fsp3) is 0.579. The molecule has 2 fully saturated rings. The first-order valence-corrected chi connectivity index (χ1v) is 8.95. The van der Waals surface area contributed by atoms with Crippen LogP contribution in [0.5, 0.6) is 0 Å². The van der Waals surface area contributed by atoms with E-state index in [1.807, 2.05) is 35.2 Å². The molecule has 1 aromatic carbocycles. The third-order valence-electron chi connectivity index (χ3n) is 4.92. The third kappa shape index (κ3) is 4.35. The minimum atomic E-state index is -0.573. The van der Waals surface area contributed by atoms with Gasteiger partial charge in [0.25, 0.3) is 0 Å². The van der Waals surface area contributed by atoms with Crippen LogP contribution in [0.25, 0.3) is 0 Å². The van der Waals surface area contributed by atoms with Gasteiger partial charge in [-0.25, -0.2) is 0 Å². The van der Waals surface area contributed by atoms with Gasteiger partial charge in [0.1, 0.15) is 6.04 Å². The van der Waals surface area contributed by atoms with Crippen molar-refractivity contribution in [3.8, 4) is 0 Å². The van der Waals surface area contributed by atoms with Gasteiger partial charge in [-0.3, -0.25) is 9.59 Å². The second-order valence-corrected chi connectivity index (χ2v) is 6.70. The second kappa shape index (κ2) is 8.29. The van der Waals surface area contributed by atoms with E-state index < -0.39 is 6.04 Å². The minimum absolute atomic E-state index is 0.0130. The molecule has 0 spiro atoms. The number of likely N-dealkylation sites (tertiary alicyclic amines) is 1. The topological polar surface area (TPSA) is 58.6 Å². The monoisotopic (exact) mass is 330 g/mol. The molecule has 1 atom stereocenters. The summed E-state index contributed by atoms with van der Waals surface area (Å²) in [7, 11) is 0. The van der Waals surface area contributed by atoms with Gasteiger partial charge in [0.05, 0.1) is 0 Å². The molecule has 0 aliphatic carbocycles.